The minimum atomic E-state index is -0.235. The summed E-state index contributed by atoms with van der Waals surface area (Å²) in [6.45, 7) is 0. The van der Waals surface area contributed by atoms with Gasteiger partial charge in [0.2, 0.25) is 5.91 Å². The van der Waals surface area contributed by atoms with Gasteiger partial charge >= 0.3 is 0 Å². The minimum Gasteiger partial charge on any atom is -0.326 e. The van der Waals surface area contributed by atoms with Crippen molar-refractivity contribution < 1.29 is 4.79 Å². The van der Waals surface area contributed by atoms with Gasteiger partial charge in [-0.3, -0.25) is 9.59 Å². The number of amides is 1. The maximum atomic E-state index is 11.9. The molecule has 6 heteroatoms. The van der Waals surface area contributed by atoms with Crippen molar-refractivity contribution in [2.45, 2.75) is 19.3 Å². The monoisotopic (exact) mass is 332 g/mol. The molecule has 0 saturated heterocycles. The Morgan fingerprint density at radius 2 is 1.96 bits per heavy atom. The van der Waals surface area contributed by atoms with E-state index in [1.165, 1.54) is 0 Å². The van der Waals surface area contributed by atoms with E-state index in [1.807, 2.05) is 36.4 Å². The number of anilines is 1. The van der Waals surface area contributed by atoms with Crippen LogP contribution < -0.4 is 10.9 Å². The first-order valence-corrected chi connectivity index (χ1v) is 7.93. The largest absolute Gasteiger partial charge is 0.326 e. The summed E-state index contributed by atoms with van der Waals surface area (Å²) in [6.07, 6.45) is 1.20. The predicted molar refractivity (Wildman–Crippen MR) is 95.9 cm³/mol. The summed E-state index contributed by atoms with van der Waals surface area (Å²) in [5.41, 5.74) is 1.86. The molecule has 2 N–H and O–H groups in total. The highest BCUT2D eigenvalue weighted by Gasteiger charge is 2.09. The molecule has 0 aliphatic rings. The maximum absolute atomic E-state index is 11.9. The fourth-order valence-electron chi connectivity index (χ4n) is 2.63. The molecule has 0 saturated carbocycles. The SMILES string of the molecule is N#CCCCC(=O)Nc1cccc(-c2n[nH]c(=O)c3ccccc23)c1. The molecule has 3 aromatic rings. The number of fused-ring (bicyclic) bond motifs is 1. The lowest BCUT2D eigenvalue weighted by molar-refractivity contribution is -0.116. The molecule has 3 rings (SSSR count). The van der Waals surface area contributed by atoms with Crippen molar-refractivity contribution in [1.29, 1.82) is 5.26 Å². The van der Waals surface area contributed by atoms with Gasteiger partial charge in [-0.05, 0) is 24.6 Å². The number of aromatic nitrogens is 2. The summed E-state index contributed by atoms with van der Waals surface area (Å²) in [7, 11) is 0. The fourth-order valence-corrected chi connectivity index (χ4v) is 2.63. The van der Waals surface area contributed by atoms with E-state index in [4.69, 9.17) is 5.26 Å². The van der Waals surface area contributed by atoms with Crippen LogP contribution in [0.1, 0.15) is 19.3 Å². The zero-order valence-electron chi connectivity index (χ0n) is 13.5. The van der Waals surface area contributed by atoms with E-state index < -0.39 is 0 Å². The minimum absolute atomic E-state index is 0.133. The van der Waals surface area contributed by atoms with Gasteiger partial charge in [0.1, 0.15) is 0 Å². The predicted octanol–water partition coefficient (Wildman–Crippen LogP) is 3.22. The Balaban J connectivity index is 1.90. The van der Waals surface area contributed by atoms with Crippen LogP contribution in [0.3, 0.4) is 0 Å². The first kappa shape index (κ1) is 16.4. The molecular formula is C19H16N4O2. The summed E-state index contributed by atoms with van der Waals surface area (Å²) in [4.78, 5) is 23.8. The number of benzene rings is 2. The Labute approximate surface area is 144 Å². The number of carbonyl (C=O) groups is 1. The van der Waals surface area contributed by atoms with Gasteiger partial charge in [-0.2, -0.15) is 10.4 Å². The maximum Gasteiger partial charge on any atom is 0.272 e. The highest BCUT2D eigenvalue weighted by Crippen LogP contribution is 2.26. The summed E-state index contributed by atoms with van der Waals surface area (Å²) >= 11 is 0. The second-order valence-electron chi connectivity index (χ2n) is 5.59. The zero-order valence-corrected chi connectivity index (χ0v) is 13.5. The van der Waals surface area contributed by atoms with E-state index in [2.05, 4.69) is 15.5 Å². The fraction of sp³-hybridized carbons (Fsp3) is 0.158. The van der Waals surface area contributed by atoms with Gasteiger partial charge in [0, 0.05) is 29.5 Å². The van der Waals surface area contributed by atoms with Gasteiger partial charge in [0.15, 0.2) is 0 Å². The van der Waals surface area contributed by atoms with Crippen molar-refractivity contribution in [2.75, 3.05) is 5.32 Å². The second-order valence-corrected chi connectivity index (χ2v) is 5.59. The Bertz CT molecular complexity index is 1020. The number of nitrogens with one attached hydrogen (secondary N) is 2. The average molecular weight is 332 g/mol. The van der Waals surface area contributed by atoms with E-state index in [0.29, 0.717) is 36.0 Å². The molecular weight excluding hydrogens is 316 g/mol. The van der Waals surface area contributed by atoms with Crippen molar-refractivity contribution >= 4 is 22.4 Å². The molecule has 0 aliphatic heterocycles. The third kappa shape index (κ3) is 3.72. The van der Waals surface area contributed by atoms with E-state index in [0.717, 1.165) is 10.9 Å². The third-order valence-corrected chi connectivity index (χ3v) is 3.81. The van der Waals surface area contributed by atoms with Gasteiger partial charge in [-0.1, -0.05) is 30.3 Å². The number of hydrogen-bond acceptors (Lipinski definition) is 4. The van der Waals surface area contributed by atoms with Gasteiger partial charge in [0.05, 0.1) is 17.1 Å². The molecule has 1 heterocycles. The number of nitrogens with zero attached hydrogens (tertiary/aromatic N) is 2. The first-order valence-electron chi connectivity index (χ1n) is 7.93. The van der Waals surface area contributed by atoms with Gasteiger partial charge < -0.3 is 5.32 Å². The van der Waals surface area contributed by atoms with Crippen molar-refractivity contribution in [3.63, 3.8) is 0 Å². The van der Waals surface area contributed by atoms with Crippen LogP contribution in [0.15, 0.2) is 53.3 Å². The average Bonchev–Trinajstić information content (AvgIpc) is 2.63. The molecule has 25 heavy (non-hydrogen) atoms. The molecule has 0 bridgehead atoms. The van der Waals surface area contributed by atoms with Gasteiger partial charge in [-0.25, -0.2) is 5.10 Å². The van der Waals surface area contributed by atoms with Crippen LogP contribution in [-0.2, 0) is 4.79 Å². The van der Waals surface area contributed by atoms with Crippen LogP contribution in [0.2, 0.25) is 0 Å². The number of rotatable bonds is 5. The quantitative estimate of drug-likeness (QED) is 0.701. The van der Waals surface area contributed by atoms with E-state index in [1.54, 1.807) is 18.2 Å². The van der Waals surface area contributed by atoms with Crippen molar-refractivity contribution in [1.82, 2.24) is 10.2 Å². The van der Waals surface area contributed by atoms with Crippen molar-refractivity contribution in [3.05, 3.63) is 58.9 Å². The Morgan fingerprint density at radius 1 is 1.16 bits per heavy atom. The summed E-state index contributed by atoms with van der Waals surface area (Å²) < 4.78 is 0. The lowest BCUT2D eigenvalue weighted by Crippen LogP contribution is -2.11. The second kappa shape index (κ2) is 7.41. The number of unbranched alkanes of at least 4 members (excludes halogenated alkanes) is 1. The smallest absolute Gasteiger partial charge is 0.272 e. The van der Waals surface area contributed by atoms with Crippen LogP contribution in [0.4, 0.5) is 5.69 Å². The summed E-state index contributed by atoms with van der Waals surface area (Å²) in [6, 6.07) is 16.6. The standard InChI is InChI=1S/C19H16N4O2/c20-11-4-3-10-17(24)21-14-7-5-6-13(12-14)18-15-8-1-2-9-16(15)19(25)23-22-18/h1-2,5-9,12H,3-4,10H2,(H,21,24)(H,23,25). The van der Waals surface area contributed by atoms with E-state index in [-0.39, 0.29) is 11.5 Å². The molecule has 0 fully saturated rings. The summed E-state index contributed by atoms with van der Waals surface area (Å²) in [5, 5.41) is 19.4. The van der Waals surface area contributed by atoms with Crippen molar-refractivity contribution in [2.24, 2.45) is 0 Å². The molecule has 1 amide bonds. The normalized spacial score (nSPS) is 10.4. The Morgan fingerprint density at radius 3 is 2.76 bits per heavy atom. The highest BCUT2D eigenvalue weighted by atomic mass is 16.1. The number of hydrogen-bond donors (Lipinski definition) is 2. The molecule has 0 aliphatic carbocycles. The third-order valence-electron chi connectivity index (χ3n) is 3.81. The van der Waals surface area contributed by atoms with Crippen LogP contribution in [-0.4, -0.2) is 16.1 Å². The number of H-pyrrole nitrogens is 1. The van der Waals surface area contributed by atoms with Crippen LogP contribution >= 0.6 is 0 Å². The van der Waals surface area contributed by atoms with Gasteiger partial charge in [-0.15, -0.1) is 0 Å². The van der Waals surface area contributed by atoms with Crippen LogP contribution in [0.25, 0.3) is 22.0 Å². The Kier molecular flexibility index (Phi) is 4.86. The van der Waals surface area contributed by atoms with E-state index >= 15 is 0 Å². The molecule has 2 aromatic carbocycles. The topological polar surface area (TPSA) is 98.6 Å². The summed E-state index contributed by atoms with van der Waals surface area (Å²) in [5.74, 6) is -0.133. The van der Waals surface area contributed by atoms with Crippen LogP contribution in [0, 0.1) is 11.3 Å². The molecule has 124 valence electrons. The molecule has 0 spiro atoms. The lowest BCUT2D eigenvalue weighted by atomic mass is 10.0. The highest BCUT2D eigenvalue weighted by molar-refractivity contribution is 5.95. The molecule has 0 atom stereocenters. The number of aromatic amines is 1. The molecule has 6 nitrogen and oxygen atoms in total. The van der Waals surface area contributed by atoms with Crippen molar-refractivity contribution in [3.8, 4) is 17.3 Å². The molecule has 1 aromatic heterocycles. The Hall–Kier alpha value is -3.46. The first-order chi connectivity index (χ1) is 12.2. The van der Waals surface area contributed by atoms with E-state index in [9.17, 15) is 9.59 Å². The molecule has 0 radical (unpaired) electrons. The number of nitriles is 1. The molecule has 0 unspecified atom stereocenters. The van der Waals surface area contributed by atoms with Crippen LogP contribution in [0.5, 0.6) is 0 Å². The van der Waals surface area contributed by atoms with Gasteiger partial charge in [0.25, 0.3) is 5.56 Å². The number of carbonyl (C=O) groups excluding carboxylic acids is 1. The lowest BCUT2D eigenvalue weighted by Gasteiger charge is -2.08. The zero-order chi connectivity index (χ0) is 17.6.